The maximum Gasteiger partial charge on any atom is 0.244 e. The molecule has 2 aromatic heterocycles. The van der Waals surface area contributed by atoms with Crippen molar-refractivity contribution in [2.24, 2.45) is 0 Å². The van der Waals surface area contributed by atoms with E-state index in [1.165, 1.54) is 0 Å². The maximum absolute atomic E-state index is 12.9. The second-order valence-electron chi connectivity index (χ2n) is 8.26. The molecule has 0 N–H and O–H groups in total. The van der Waals surface area contributed by atoms with Gasteiger partial charge < -0.3 is 9.80 Å². The number of rotatable bonds is 5. The molecule has 0 bridgehead atoms. The number of anilines is 1. The average Bonchev–Trinajstić information content (AvgIpc) is 3.18. The topological polar surface area (TPSA) is 67.2 Å². The van der Waals surface area contributed by atoms with Crippen LogP contribution in [0.1, 0.15) is 30.0 Å². The van der Waals surface area contributed by atoms with Crippen molar-refractivity contribution in [2.75, 3.05) is 32.1 Å². The van der Waals surface area contributed by atoms with Crippen molar-refractivity contribution in [3.8, 4) is 11.1 Å². The van der Waals surface area contributed by atoms with Crippen LogP contribution in [-0.2, 0) is 11.3 Å². The summed E-state index contributed by atoms with van der Waals surface area (Å²) in [6.07, 6.45) is 7.47. The fraction of sp³-hybridized carbons (Fsp3) is 0.391. The van der Waals surface area contributed by atoms with Gasteiger partial charge in [-0.05, 0) is 43.0 Å². The lowest BCUT2D eigenvalue weighted by Crippen LogP contribution is -2.41. The average molecular weight is 439 g/mol. The normalized spacial score (nSPS) is 16.4. The van der Waals surface area contributed by atoms with Crippen LogP contribution in [0.2, 0.25) is 5.02 Å². The van der Waals surface area contributed by atoms with E-state index in [2.05, 4.69) is 10.1 Å². The van der Waals surface area contributed by atoms with E-state index < -0.39 is 0 Å². The first kappa shape index (κ1) is 21.3. The van der Waals surface area contributed by atoms with Gasteiger partial charge in [-0.15, -0.1) is 0 Å². The van der Waals surface area contributed by atoms with Crippen LogP contribution in [0, 0.1) is 6.92 Å². The molecule has 1 amide bonds. The van der Waals surface area contributed by atoms with Crippen molar-refractivity contribution < 1.29 is 4.79 Å². The molecule has 1 fully saturated rings. The lowest BCUT2D eigenvalue weighted by atomic mass is 9.90. The van der Waals surface area contributed by atoms with E-state index in [1.807, 2.05) is 67.5 Å². The SMILES string of the molecule is Cc1cnn(CC(=O)N2CCCC(c3nc(N(C)C)ncc3-c3ccc(Cl)cc3)C2)c1. The molecule has 0 aliphatic carbocycles. The van der Waals surface area contributed by atoms with Crippen LogP contribution >= 0.6 is 11.6 Å². The summed E-state index contributed by atoms with van der Waals surface area (Å²) < 4.78 is 1.70. The molecule has 162 valence electrons. The van der Waals surface area contributed by atoms with Crippen molar-refractivity contribution in [1.82, 2.24) is 24.6 Å². The van der Waals surface area contributed by atoms with Gasteiger partial charge in [0.15, 0.2) is 0 Å². The standard InChI is InChI=1S/C23H27ClN6O/c1-16-11-26-30(13-16)15-21(31)29-10-4-5-18(14-29)22-20(12-25-23(27-22)28(2)3)17-6-8-19(24)9-7-17/h6-9,11-13,18H,4-5,10,14-15H2,1-3H3. The molecule has 7 nitrogen and oxygen atoms in total. The molecule has 1 unspecified atom stereocenters. The zero-order chi connectivity index (χ0) is 22.0. The second kappa shape index (κ2) is 9.06. The molecule has 1 aliphatic rings. The molecule has 0 saturated carbocycles. The minimum Gasteiger partial charge on any atom is -0.347 e. The van der Waals surface area contributed by atoms with Crippen molar-refractivity contribution in [1.29, 1.82) is 0 Å². The fourth-order valence-electron chi connectivity index (χ4n) is 3.98. The Morgan fingerprint density at radius 3 is 2.68 bits per heavy atom. The molecule has 4 rings (SSSR count). The zero-order valence-corrected chi connectivity index (χ0v) is 18.9. The third kappa shape index (κ3) is 4.88. The maximum atomic E-state index is 12.9. The van der Waals surface area contributed by atoms with Crippen LogP contribution in [0.25, 0.3) is 11.1 Å². The van der Waals surface area contributed by atoms with Gasteiger partial charge in [-0.25, -0.2) is 9.97 Å². The van der Waals surface area contributed by atoms with Gasteiger partial charge in [0.25, 0.3) is 0 Å². The minimum atomic E-state index is 0.0859. The summed E-state index contributed by atoms with van der Waals surface area (Å²) in [5.74, 6) is 0.898. The molecular formula is C23H27ClN6O. The van der Waals surface area contributed by atoms with Crippen LogP contribution < -0.4 is 4.90 Å². The highest BCUT2D eigenvalue weighted by Crippen LogP contribution is 2.34. The van der Waals surface area contributed by atoms with Crippen LogP contribution in [0.15, 0.2) is 42.9 Å². The van der Waals surface area contributed by atoms with Gasteiger partial charge >= 0.3 is 0 Å². The predicted octanol–water partition coefficient (Wildman–Crippen LogP) is 3.77. The van der Waals surface area contributed by atoms with E-state index in [0.717, 1.165) is 41.8 Å². The molecule has 1 saturated heterocycles. The number of carbonyl (C=O) groups is 1. The van der Waals surface area contributed by atoms with Crippen molar-refractivity contribution in [3.63, 3.8) is 0 Å². The Morgan fingerprint density at radius 2 is 2.00 bits per heavy atom. The Balaban J connectivity index is 1.61. The fourth-order valence-corrected chi connectivity index (χ4v) is 4.11. The number of likely N-dealkylation sites (tertiary alicyclic amines) is 1. The van der Waals surface area contributed by atoms with Crippen LogP contribution in [0.4, 0.5) is 5.95 Å². The van der Waals surface area contributed by atoms with Crippen LogP contribution in [0.5, 0.6) is 0 Å². The highest BCUT2D eigenvalue weighted by molar-refractivity contribution is 6.30. The predicted molar refractivity (Wildman–Crippen MR) is 122 cm³/mol. The summed E-state index contributed by atoms with van der Waals surface area (Å²) in [6, 6.07) is 7.74. The second-order valence-corrected chi connectivity index (χ2v) is 8.70. The molecule has 1 aliphatic heterocycles. The number of benzene rings is 1. The van der Waals surface area contributed by atoms with Crippen molar-refractivity contribution >= 4 is 23.5 Å². The van der Waals surface area contributed by atoms with E-state index in [0.29, 0.717) is 17.5 Å². The number of carbonyl (C=O) groups excluding carboxylic acids is 1. The molecule has 3 heterocycles. The van der Waals surface area contributed by atoms with E-state index >= 15 is 0 Å². The summed E-state index contributed by atoms with van der Waals surface area (Å²) in [7, 11) is 3.87. The van der Waals surface area contributed by atoms with E-state index in [9.17, 15) is 4.79 Å². The number of aromatic nitrogens is 4. The number of hydrogen-bond acceptors (Lipinski definition) is 5. The first-order valence-electron chi connectivity index (χ1n) is 10.5. The minimum absolute atomic E-state index is 0.0859. The van der Waals surface area contributed by atoms with Gasteiger partial charge in [-0.2, -0.15) is 5.10 Å². The molecular weight excluding hydrogens is 412 g/mol. The Bertz CT molecular complexity index is 1060. The van der Waals surface area contributed by atoms with E-state index in [1.54, 1.807) is 10.9 Å². The van der Waals surface area contributed by atoms with E-state index in [4.69, 9.17) is 16.6 Å². The van der Waals surface area contributed by atoms with E-state index in [-0.39, 0.29) is 18.4 Å². The summed E-state index contributed by atoms with van der Waals surface area (Å²) in [4.78, 5) is 26.2. The zero-order valence-electron chi connectivity index (χ0n) is 18.1. The summed E-state index contributed by atoms with van der Waals surface area (Å²) >= 11 is 6.09. The van der Waals surface area contributed by atoms with Crippen molar-refractivity contribution in [2.45, 2.75) is 32.2 Å². The van der Waals surface area contributed by atoms with Gasteiger partial charge in [-0.1, -0.05) is 23.7 Å². The Kier molecular flexibility index (Phi) is 6.23. The Morgan fingerprint density at radius 1 is 1.23 bits per heavy atom. The third-order valence-corrected chi connectivity index (χ3v) is 5.83. The van der Waals surface area contributed by atoms with Gasteiger partial charge in [0.2, 0.25) is 11.9 Å². The number of amides is 1. The van der Waals surface area contributed by atoms with Gasteiger partial charge in [0.05, 0.1) is 11.9 Å². The van der Waals surface area contributed by atoms with Gasteiger partial charge in [-0.3, -0.25) is 9.48 Å². The van der Waals surface area contributed by atoms with Crippen LogP contribution in [0.3, 0.4) is 0 Å². The summed E-state index contributed by atoms with van der Waals surface area (Å²) in [6.45, 7) is 3.64. The highest BCUT2D eigenvalue weighted by Gasteiger charge is 2.28. The monoisotopic (exact) mass is 438 g/mol. The van der Waals surface area contributed by atoms with Gasteiger partial charge in [0.1, 0.15) is 6.54 Å². The lowest BCUT2D eigenvalue weighted by molar-refractivity contribution is -0.133. The summed E-state index contributed by atoms with van der Waals surface area (Å²) in [5, 5.41) is 4.95. The molecule has 0 spiro atoms. The molecule has 3 aromatic rings. The Labute approximate surface area is 187 Å². The number of hydrogen-bond donors (Lipinski definition) is 0. The first-order valence-corrected chi connectivity index (χ1v) is 10.9. The molecule has 1 atom stereocenters. The third-order valence-electron chi connectivity index (χ3n) is 5.58. The molecule has 8 heteroatoms. The largest absolute Gasteiger partial charge is 0.347 e. The van der Waals surface area contributed by atoms with Crippen molar-refractivity contribution in [3.05, 3.63) is 59.1 Å². The Hall–Kier alpha value is -2.93. The number of aryl methyl sites for hydroxylation is 1. The van der Waals surface area contributed by atoms with Crippen LogP contribution in [-0.4, -0.2) is 57.7 Å². The first-order chi connectivity index (χ1) is 14.9. The molecule has 1 aromatic carbocycles. The number of piperidine rings is 1. The smallest absolute Gasteiger partial charge is 0.244 e. The lowest BCUT2D eigenvalue weighted by Gasteiger charge is -2.33. The number of nitrogens with zero attached hydrogens (tertiary/aromatic N) is 6. The molecule has 0 radical (unpaired) electrons. The summed E-state index contributed by atoms with van der Waals surface area (Å²) in [5.41, 5.74) is 4.05. The molecule has 31 heavy (non-hydrogen) atoms. The number of halogens is 1. The van der Waals surface area contributed by atoms with Gasteiger partial charge in [0, 0.05) is 56.1 Å². The quantitative estimate of drug-likeness (QED) is 0.606. The highest BCUT2D eigenvalue weighted by atomic mass is 35.5.